The number of carbonyl (C=O) groups is 2. The number of ether oxygens (including phenoxy) is 1. The Labute approximate surface area is 207 Å². The van der Waals surface area contributed by atoms with Gasteiger partial charge in [0.25, 0.3) is 5.91 Å². The molecule has 2 aromatic rings. The Kier molecular flexibility index (Phi) is 7.44. The second-order valence-electron chi connectivity index (χ2n) is 9.84. The third kappa shape index (κ3) is 4.54. The zero-order chi connectivity index (χ0) is 24.5. The Hall–Kier alpha value is -1.85. The molecule has 8 nitrogen and oxygen atoms in total. The van der Waals surface area contributed by atoms with Gasteiger partial charge in [-0.25, -0.2) is 4.98 Å². The van der Waals surface area contributed by atoms with Crippen molar-refractivity contribution in [1.29, 1.82) is 0 Å². The molecular formula is C24H33N3O5S2. The third-order valence-electron chi connectivity index (χ3n) is 7.88. The molecular weight excluding hydrogens is 474 g/mol. The molecule has 2 heterocycles. The number of amides is 2. The largest absolute Gasteiger partial charge is 0.396 e. The second-order valence-corrected chi connectivity index (χ2v) is 11.9. The van der Waals surface area contributed by atoms with Crippen LogP contribution in [0.25, 0.3) is 0 Å². The van der Waals surface area contributed by atoms with Gasteiger partial charge in [0, 0.05) is 36.3 Å². The van der Waals surface area contributed by atoms with E-state index < -0.39 is 11.5 Å². The quantitative estimate of drug-likeness (QED) is 0.408. The van der Waals surface area contributed by atoms with Gasteiger partial charge in [-0.15, -0.1) is 22.7 Å². The topological polar surface area (TPSA) is 121 Å². The number of fused-ring (bicyclic) bond motifs is 2. The van der Waals surface area contributed by atoms with E-state index in [4.69, 9.17) is 9.72 Å². The summed E-state index contributed by atoms with van der Waals surface area (Å²) < 4.78 is 5.05. The lowest BCUT2D eigenvalue weighted by Gasteiger charge is -2.58. The van der Waals surface area contributed by atoms with Crippen LogP contribution in [0.1, 0.15) is 59.3 Å². The summed E-state index contributed by atoms with van der Waals surface area (Å²) in [6.07, 6.45) is 1.59. The van der Waals surface area contributed by atoms with Crippen molar-refractivity contribution in [2.24, 2.45) is 16.7 Å². The molecule has 10 heteroatoms. The number of thiophene rings is 1. The van der Waals surface area contributed by atoms with Crippen LogP contribution in [0.4, 0.5) is 5.13 Å². The van der Waals surface area contributed by atoms with Gasteiger partial charge in [0.05, 0.1) is 29.9 Å². The minimum Gasteiger partial charge on any atom is -0.396 e. The lowest BCUT2D eigenvalue weighted by Crippen LogP contribution is -2.57. The molecule has 4 N–H and O–H groups in total. The number of anilines is 1. The van der Waals surface area contributed by atoms with Crippen molar-refractivity contribution >= 4 is 39.6 Å². The van der Waals surface area contributed by atoms with Crippen LogP contribution in [0, 0.1) is 16.7 Å². The highest BCUT2D eigenvalue weighted by Crippen LogP contribution is 2.62. The van der Waals surface area contributed by atoms with Crippen LogP contribution in [-0.4, -0.2) is 60.0 Å². The molecule has 0 bridgehead atoms. The van der Waals surface area contributed by atoms with E-state index in [-0.39, 0.29) is 42.1 Å². The average Bonchev–Trinajstić information content (AvgIpc) is 3.48. The molecule has 0 radical (unpaired) electrons. The van der Waals surface area contributed by atoms with E-state index >= 15 is 0 Å². The molecule has 4 rings (SSSR count). The van der Waals surface area contributed by atoms with Crippen molar-refractivity contribution in [1.82, 2.24) is 10.3 Å². The molecule has 2 aromatic heterocycles. The zero-order valence-electron chi connectivity index (χ0n) is 19.8. The Morgan fingerprint density at radius 3 is 2.82 bits per heavy atom. The van der Waals surface area contributed by atoms with E-state index in [0.717, 1.165) is 17.0 Å². The van der Waals surface area contributed by atoms with E-state index in [9.17, 15) is 19.8 Å². The van der Waals surface area contributed by atoms with Gasteiger partial charge in [-0.1, -0.05) is 19.9 Å². The van der Waals surface area contributed by atoms with Gasteiger partial charge < -0.3 is 20.3 Å². The average molecular weight is 508 g/mol. The highest BCUT2D eigenvalue weighted by molar-refractivity contribution is 7.16. The predicted molar refractivity (Wildman–Crippen MR) is 132 cm³/mol. The standard InChI is InChI=1S/C24H33N3O5S2/c1-23-7-6-18(29)24(2,13-28)17(23)12-16-20(14(23)11-19(30)25-8-9-32-3)26-22(34-16)27-21(31)15-5-4-10-33-15/h4-5,10,14,17-18,28-29H,6-9,11-13H2,1-3H3,(H,25,30)(H,26,27,31)/t14-,17+,18-,23+,24+/m1/s1. The first-order valence-corrected chi connectivity index (χ1v) is 13.3. The number of thiazole rings is 1. The van der Waals surface area contributed by atoms with Crippen LogP contribution in [0.5, 0.6) is 0 Å². The van der Waals surface area contributed by atoms with Crippen LogP contribution in [0.2, 0.25) is 0 Å². The van der Waals surface area contributed by atoms with Gasteiger partial charge in [0.1, 0.15) is 0 Å². The first kappa shape index (κ1) is 25.2. The number of hydrogen-bond acceptors (Lipinski definition) is 8. The summed E-state index contributed by atoms with van der Waals surface area (Å²) in [6.45, 7) is 4.85. The molecule has 0 saturated heterocycles. The lowest BCUT2D eigenvalue weighted by atomic mass is 9.47. The summed E-state index contributed by atoms with van der Waals surface area (Å²) in [4.78, 5) is 32.0. The number of carbonyl (C=O) groups excluding carboxylic acids is 2. The Morgan fingerprint density at radius 1 is 1.35 bits per heavy atom. The first-order valence-electron chi connectivity index (χ1n) is 11.6. The lowest BCUT2D eigenvalue weighted by molar-refractivity contribution is -0.144. The van der Waals surface area contributed by atoms with Crippen molar-refractivity contribution < 1.29 is 24.5 Å². The zero-order valence-corrected chi connectivity index (χ0v) is 21.4. The second kappa shape index (κ2) is 10.0. The molecule has 0 aromatic carbocycles. The SMILES string of the molecule is COCCNC(=O)C[C@@H]1c2nc(NC(=O)c3cccs3)sc2C[C@@H]2[C@](C)(CO)[C@H](O)CC[C@]21C. The van der Waals surface area contributed by atoms with Crippen molar-refractivity contribution in [2.75, 3.05) is 32.2 Å². The monoisotopic (exact) mass is 507 g/mol. The van der Waals surface area contributed by atoms with Gasteiger partial charge in [-0.05, 0) is 42.0 Å². The third-order valence-corrected chi connectivity index (χ3v) is 9.75. The molecule has 2 aliphatic rings. The Bertz CT molecular complexity index is 1030. The number of hydrogen-bond donors (Lipinski definition) is 4. The highest BCUT2D eigenvalue weighted by atomic mass is 32.1. The van der Waals surface area contributed by atoms with Crippen molar-refractivity contribution in [2.45, 2.75) is 51.6 Å². The molecule has 5 atom stereocenters. The van der Waals surface area contributed by atoms with Gasteiger partial charge in [0.2, 0.25) is 5.91 Å². The van der Waals surface area contributed by atoms with Crippen LogP contribution in [0.15, 0.2) is 17.5 Å². The summed E-state index contributed by atoms with van der Waals surface area (Å²) in [7, 11) is 1.59. The van der Waals surface area contributed by atoms with E-state index in [1.807, 2.05) is 18.4 Å². The molecule has 1 fully saturated rings. The first-order chi connectivity index (χ1) is 16.2. The Morgan fingerprint density at radius 2 is 2.15 bits per heavy atom. The molecule has 186 valence electrons. The van der Waals surface area contributed by atoms with Gasteiger partial charge >= 0.3 is 0 Å². The molecule has 34 heavy (non-hydrogen) atoms. The summed E-state index contributed by atoms with van der Waals surface area (Å²) in [5.74, 6) is -0.497. The van der Waals surface area contributed by atoms with Crippen LogP contribution in [-0.2, 0) is 16.0 Å². The van der Waals surface area contributed by atoms with Gasteiger partial charge in [0.15, 0.2) is 5.13 Å². The summed E-state index contributed by atoms with van der Waals surface area (Å²) in [5, 5.41) is 29.4. The minimum atomic E-state index is -0.681. The number of aromatic nitrogens is 1. The van der Waals surface area contributed by atoms with Crippen LogP contribution in [0.3, 0.4) is 0 Å². The Balaban J connectivity index is 1.68. The van der Waals surface area contributed by atoms with E-state index in [1.54, 1.807) is 13.2 Å². The minimum absolute atomic E-state index is 0.0284. The maximum atomic E-state index is 12.9. The van der Waals surface area contributed by atoms with E-state index in [2.05, 4.69) is 17.6 Å². The molecule has 0 aliphatic heterocycles. The fourth-order valence-corrected chi connectivity index (χ4v) is 7.50. The van der Waals surface area contributed by atoms with Gasteiger partial charge in [-0.3, -0.25) is 14.9 Å². The molecule has 0 spiro atoms. The normalized spacial score (nSPS) is 30.3. The number of nitrogens with zero attached hydrogens (tertiary/aromatic N) is 1. The maximum absolute atomic E-state index is 12.9. The number of methoxy groups -OCH3 is 1. The maximum Gasteiger partial charge on any atom is 0.267 e. The van der Waals surface area contributed by atoms with Gasteiger partial charge in [-0.2, -0.15) is 0 Å². The van der Waals surface area contributed by atoms with E-state index in [1.165, 1.54) is 22.7 Å². The van der Waals surface area contributed by atoms with Crippen LogP contribution >= 0.6 is 22.7 Å². The molecule has 2 amide bonds. The van der Waals surface area contributed by atoms with Crippen molar-refractivity contribution in [3.05, 3.63) is 33.0 Å². The molecule has 0 unspecified atom stereocenters. The van der Waals surface area contributed by atoms with Crippen molar-refractivity contribution in [3.63, 3.8) is 0 Å². The number of nitrogens with one attached hydrogen (secondary N) is 2. The number of aliphatic hydroxyl groups is 2. The highest BCUT2D eigenvalue weighted by Gasteiger charge is 2.59. The predicted octanol–water partition coefficient (Wildman–Crippen LogP) is 3.03. The fraction of sp³-hybridized carbons (Fsp3) is 0.625. The summed E-state index contributed by atoms with van der Waals surface area (Å²) >= 11 is 2.79. The number of rotatable bonds is 8. The molecule has 2 aliphatic carbocycles. The summed E-state index contributed by atoms with van der Waals surface area (Å²) in [5.41, 5.74) is -0.158. The summed E-state index contributed by atoms with van der Waals surface area (Å²) in [6, 6.07) is 3.60. The van der Waals surface area contributed by atoms with E-state index in [0.29, 0.717) is 36.0 Å². The van der Waals surface area contributed by atoms with Crippen molar-refractivity contribution in [3.8, 4) is 0 Å². The van der Waals surface area contributed by atoms with Crippen LogP contribution < -0.4 is 10.6 Å². The molecule has 1 saturated carbocycles. The smallest absolute Gasteiger partial charge is 0.267 e. The fourth-order valence-electron chi connectivity index (χ4n) is 5.82. The number of aliphatic hydroxyl groups excluding tert-OH is 2.